The molecule has 0 fully saturated rings. The van der Waals surface area contributed by atoms with Gasteiger partial charge in [0.1, 0.15) is 0 Å². The van der Waals surface area contributed by atoms with Crippen LogP contribution in [-0.2, 0) is 0 Å². The molecule has 0 saturated heterocycles. The second kappa shape index (κ2) is 5.17. The SMILES string of the molecule is BNC(CC)CCC. The molecule has 0 bridgehead atoms. The first-order valence-electron chi connectivity index (χ1n) is 3.52. The molecule has 0 amide bonds. The zero-order valence-electron chi connectivity index (χ0n) is 6.20. The summed E-state index contributed by atoms with van der Waals surface area (Å²) in [5.74, 6) is 0. The van der Waals surface area contributed by atoms with Crippen LogP contribution in [0.1, 0.15) is 33.1 Å². The van der Waals surface area contributed by atoms with Crippen molar-refractivity contribution in [2.75, 3.05) is 0 Å². The Kier molecular flexibility index (Phi) is 5.18. The maximum Gasteiger partial charge on any atom is 0.182 e. The topological polar surface area (TPSA) is 12.0 Å². The molecule has 0 aliphatic heterocycles. The van der Waals surface area contributed by atoms with Gasteiger partial charge in [0.05, 0.1) is 0 Å². The van der Waals surface area contributed by atoms with Crippen molar-refractivity contribution >= 4 is 7.98 Å². The maximum atomic E-state index is 3.25. The molecule has 1 nitrogen and oxygen atoms in total. The minimum absolute atomic E-state index is 0.750. The Bertz CT molecular complexity index is 43.8. The summed E-state index contributed by atoms with van der Waals surface area (Å²) in [4.78, 5) is 0. The minimum atomic E-state index is 0.750. The highest BCUT2D eigenvalue weighted by molar-refractivity contribution is 6.04. The van der Waals surface area contributed by atoms with Crippen LogP contribution >= 0.6 is 0 Å². The molecule has 0 heterocycles. The van der Waals surface area contributed by atoms with Crippen LogP contribution in [0.15, 0.2) is 0 Å². The average Bonchev–Trinajstić information content (AvgIpc) is 1.83. The van der Waals surface area contributed by atoms with E-state index in [1.165, 1.54) is 19.3 Å². The molecule has 0 spiro atoms. The fraction of sp³-hybridized carbons (Fsp3) is 1.00. The van der Waals surface area contributed by atoms with Gasteiger partial charge in [-0.15, -0.1) is 0 Å². The molecule has 0 aliphatic rings. The molecule has 0 saturated carbocycles. The Morgan fingerprint density at radius 3 is 2.25 bits per heavy atom. The van der Waals surface area contributed by atoms with Gasteiger partial charge in [-0.25, -0.2) is 0 Å². The number of rotatable bonds is 4. The summed E-state index contributed by atoms with van der Waals surface area (Å²) in [7, 11) is 2.03. The van der Waals surface area contributed by atoms with Crippen LogP contribution in [0.4, 0.5) is 0 Å². The van der Waals surface area contributed by atoms with Crippen LogP contribution in [0.2, 0.25) is 0 Å². The van der Waals surface area contributed by atoms with Crippen LogP contribution in [0.5, 0.6) is 0 Å². The van der Waals surface area contributed by atoms with Gasteiger partial charge in [-0.3, -0.25) is 0 Å². The lowest BCUT2D eigenvalue weighted by Gasteiger charge is -2.10. The number of hydrogen-bond acceptors (Lipinski definition) is 1. The van der Waals surface area contributed by atoms with Gasteiger partial charge in [-0.2, -0.15) is 0 Å². The van der Waals surface area contributed by atoms with Crippen molar-refractivity contribution in [2.45, 2.75) is 39.2 Å². The Hall–Kier alpha value is 0.0249. The molecule has 0 aliphatic carbocycles. The molecular weight excluding hydrogens is 96.9 g/mol. The predicted molar refractivity (Wildman–Crippen MR) is 40.7 cm³/mol. The molecule has 48 valence electrons. The van der Waals surface area contributed by atoms with Crippen LogP contribution in [-0.4, -0.2) is 14.0 Å². The first kappa shape index (κ1) is 8.02. The first-order valence-corrected chi connectivity index (χ1v) is 3.52. The highest BCUT2D eigenvalue weighted by Gasteiger charge is 1.97. The van der Waals surface area contributed by atoms with Crippen molar-refractivity contribution in [3.63, 3.8) is 0 Å². The Morgan fingerprint density at radius 1 is 1.50 bits per heavy atom. The van der Waals surface area contributed by atoms with Gasteiger partial charge < -0.3 is 5.23 Å². The third-order valence-corrected chi connectivity index (χ3v) is 1.54. The lowest BCUT2D eigenvalue weighted by Crippen LogP contribution is -2.24. The van der Waals surface area contributed by atoms with E-state index in [0.717, 1.165) is 6.04 Å². The smallest absolute Gasteiger partial charge is 0.182 e. The van der Waals surface area contributed by atoms with Crippen molar-refractivity contribution in [1.82, 2.24) is 5.23 Å². The molecule has 0 aromatic rings. The van der Waals surface area contributed by atoms with E-state index in [0.29, 0.717) is 0 Å². The molecular formula is C6H16BN. The van der Waals surface area contributed by atoms with Gasteiger partial charge in [0.2, 0.25) is 0 Å². The zero-order valence-corrected chi connectivity index (χ0v) is 6.20. The summed E-state index contributed by atoms with van der Waals surface area (Å²) >= 11 is 0. The van der Waals surface area contributed by atoms with E-state index in [1.54, 1.807) is 0 Å². The summed E-state index contributed by atoms with van der Waals surface area (Å²) < 4.78 is 0. The van der Waals surface area contributed by atoms with Crippen molar-refractivity contribution in [3.05, 3.63) is 0 Å². The summed E-state index contributed by atoms with van der Waals surface area (Å²) in [6.45, 7) is 4.44. The molecule has 0 aromatic heterocycles. The largest absolute Gasteiger partial charge is 0.359 e. The van der Waals surface area contributed by atoms with Crippen LogP contribution in [0, 0.1) is 0 Å². The highest BCUT2D eigenvalue weighted by atomic mass is 14.8. The van der Waals surface area contributed by atoms with Gasteiger partial charge in [0.15, 0.2) is 7.98 Å². The van der Waals surface area contributed by atoms with E-state index in [-0.39, 0.29) is 0 Å². The van der Waals surface area contributed by atoms with Crippen LogP contribution in [0.25, 0.3) is 0 Å². The predicted octanol–water partition coefficient (Wildman–Crippen LogP) is 0.703. The Morgan fingerprint density at radius 2 is 2.12 bits per heavy atom. The van der Waals surface area contributed by atoms with Gasteiger partial charge >= 0.3 is 0 Å². The van der Waals surface area contributed by atoms with Crippen LogP contribution < -0.4 is 5.23 Å². The molecule has 0 radical (unpaired) electrons. The maximum absolute atomic E-state index is 3.25. The number of hydrogen-bond donors (Lipinski definition) is 1. The van der Waals surface area contributed by atoms with Gasteiger partial charge in [-0.1, -0.05) is 20.3 Å². The van der Waals surface area contributed by atoms with E-state index < -0.39 is 0 Å². The molecule has 1 atom stereocenters. The normalized spacial score (nSPS) is 13.8. The third kappa shape index (κ3) is 3.08. The van der Waals surface area contributed by atoms with Crippen molar-refractivity contribution < 1.29 is 0 Å². The van der Waals surface area contributed by atoms with E-state index in [4.69, 9.17) is 0 Å². The summed E-state index contributed by atoms with van der Waals surface area (Å²) in [5, 5.41) is 3.25. The van der Waals surface area contributed by atoms with Crippen molar-refractivity contribution in [3.8, 4) is 0 Å². The quantitative estimate of drug-likeness (QED) is 0.529. The Balaban J connectivity index is 3.07. The highest BCUT2D eigenvalue weighted by Crippen LogP contribution is 1.98. The van der Waals surface area contributed by atoms with E-state index in [9.17, 15) is 0 Å². The molecule has 0 rings (SSSR count). The second-order valence-corrected chi connectivity index (χ2v) is 2.18. The molecule has 2 heteroatoms. The first-order chi connectivity index (χ1) is 3.85. The standard InChI is InChI=1S/C6H16BN/c1-3-5-6(4-2)8-7/h6,8H,3-5,7H2,1-2H3. The fourth-order valence-corrected chi connectivity index (χ4v) is 0.901. The van der Waals surface area contributed by atoms with Crippen LogP contribution in [0.3, 0.4) is 0 Å². The zero-order chi connectivity index (χ0) is 6.41. The van der Waals surface area contributed by atoms with E-state index in [1.807, 2.05) is 7.98 Å². The summed E-state index contributed by atoms with van der Waals surface area (Å²) in [6.07, 6.45) is 3.86. The second-order valence-electron chi connectivity index (χ2n) is 2.18. The Labute approximate surface area is 53.3 Å². The minimum Gasteiger partial charge on any atom is -0.359 e. The molecule has 0 aromatic carbocycles. The van der Waals surface area contributed by atoms with Gasteiger partial charge in [-0.05, 0) is 18.9 Å². The molecule has 1 N–H and O–H groups in total. The van der Waals surface area contributed by atoms with E-state index >= 15 is 0 Å². The van der Waals surface area contributed by atoms with Crippen molar-refractivity contribution in [1.29, 1.82) is 0 Å². The monoisotopic (exact) mass is 113 g/mol. The van der Waals surface area contributed by atoms with E-state index in [2.05, 4.69) is 19.1 Å². The number of nitrogens with one attached hydrogen (secondary N) is 1. The lowest BCUT2D eigenvalue weighted by molar-refractivity contribution is 0.549. The third-order valence-electron chi connectivity index (χ3n) is 1.54. The van der Waals surface area contributed by atoms with Gasteiger partial charge in [0, 0.05) is 0 Å². The molecule has 8 heavy (non-hydrogen) atoms. The summed E-state index contributed by atoms with van der Waals surface area (Å²) in [6, 6.07) is 0.750. The molecule has 1 unspecified atom stereocenters. The van der Waals surface area contributed by atoms with Gasteiger partial charge in [0.25, 0.3) is 0 Å². The fourth-order valence-electron chi connectivity index (χ4n) is 0.901. The summed E-state index contributed by atoms with van der Waals surface area (Å²) in [5.41, 5.74) is 0. The average molecular weight is 113 g/mol. The van der Waals surface area contributed by atoms with Crippen molar-refractivity contribution in [2.24, 2.45) is 0 Å². The lowest BCUT2D eigenvalue weighted by atomic mass is 10.1.